The van der Waals surface area contributed by atoms with Gasteiger partial charge in [0.2, 0.25) is 0 Å². The molecule has 0 atom stereocenters. The van der Waals surface area contributed by atoms with Crippen LogP contribution < -0.4 is 0 Å². The maximum atomic E-state index is 11.7. The van der Waals surface area contributed by atoms with E-state index < -0.39 is 5.97 Å². The number of hydrogen-bond acceptors (Lipinski definition) is 3. The summed E-state index contributed by atoms with van der Waals surface area (Å²) >= 11 is 37.1. The topological polar surface area (TPSA) is 50.2 Å². The van der Waals surface area contributed by atoms with Gasteiger partial charge in [0.15, 0.2) is 0 Å². The first-order chi connectivity index (χ1) is 12.2. The van der Waals surface area contributed by atoms with Crippen LogP contribution in [0.15, 0.2) is 24.3 Å². The molecule has 3 aromatic rings. The quantitative estimate of drug-likeness (QED) is 0.380. The fourth-order valence-electron chi connectivity index (χ4n) is 2.16. The van der Waals surface area contributed by atoms with Crippen molar-refractivity contribution in [2.24, 2.45) is 0 Å². The second-order valence-corrected chi connectivity index (χ2v) is 8.39. The van der Waals surface area contributed by atoms with E-state index in [0.717, 1.165) is 11.3 Å². The van der Waals surface area contributed by atoms with Crippen molar-refractivity contribution < 1.29 is 9.90 Å². The molecule has 0 spiro atoms. The summed E-state index contributed by atoms with van der Waals surface area (Å²) in [6.07, 6.45) is 0. The molecule has 0 bridgehead atoms. The summed E-state index contributed by atoms with van der Waals surface area (Å²) in [5, 5.41) is 11.2. The summed E-state index contributed by atoms with van der Waals surface area (Å²) in [6, 6.07) is 6.13. The average Bonchev–Trinajstić information content (AvgIpc) is 3.02. The molecule has 1 heterocycles. The van der Waals surface area contributed by atoms with E-state index in [4.69, 9.17) is 69.6 Å². The Morgan fingerprint density at radius 3 is 1.65 bits per heavy atom. The van der Waals surface area contributed by atoms with Crippen LogP contribution in [0.4, 0.5) is 0 Å². The summed E-state index contributed by atoms with van der Waals surface area (Å²) in [7, 11) is 0. The van der Waals surface area contributed by atoms with E-state index in [0.29, 0.717) is 16.1 Å². The molecule has 0 unspecified atom stereocenters. The first-order valence-electron chi connectivity index (χ1n) is 6.73. The zero-order chi connectivity index (χ0) is 19.2. The Morgan fingerprint density at radius 2 is 1.23 bits per heavy atom. The number of carbonyl (C=O) groups is 1. The van der Waals surface area contributed by atoms with Gasteiger partial charge in [0.1, 0.15) is 9.88 Å². The highest BCUT2D eigenvalue weighted by Crippen LogP contribution is 2.41. The normalized spacial score (nSPS) is 11.0. The third-order valence-corrected chi connectivity index (χ3v) is 6.80. The minimum Gasteiger partial charge on any atom is -0.477 e. The molecule has 0 aliphatic heterocycles. The van der Waals surface area contributed by atoms with Crippen LogP contribution in [0.3, 0.4) is 0 Å². The van der Waals surface area contributed by atoms with Crippen molar-refractivity contribution in [2.45, 2.75) is 0 Å². The van der Waals surface area contributed by atoms with Crippen LogP contribution >= 0.6 is 80.9 Å². The molecule has 0 fully saturated rings. The molecule has 2 aromatic carbocycles. The summed E-state index contributed by atoms with van der Waals surface area (Å²) in [5.74, 6) is -1.14. The molecule has 0 amide bonds. The van der Waals surface area contributed by atoms with Gasteiger partial charge in [-0.2, -0.15) is 0 Å². The van der Waals surface area contributed by atoms with Gasteiger partial charge in [0.25, 0.3) is 0 Å². The van der Waals surface area contributed by atoms with E-state index in [1.54, 1.807) is 12.1 Å². The Kier molecular flexibility index (Phi) is 5.95. The van der Waals surface area contributed by atoms with Crippen LogP contribution in [-0.2, 0) is 0 Å². The van der Waals surface area contributed by atoms with E-state index >= 15 is 0 Å². The van der Waals surface area contributed by atoms with E-state index in [1.165, 1.54) is 12.1 Å². The van der Waals surface area contributed by atoms with E-state index in [9.17, 15) is 9.90 Å². The van der Waals surface area contributed by atoms with Crippen LogP contribution in [0.25, 0.3) is 21.8 Å². The largest absolute Gasteiger partial charge is 0.477 e. The first kappa shape index (κ1) is 20.0. The fraction of sp³-hybridized carbons (Fsp3) is 0. The second-order valence-electron chi connectivity index (χ2n) is 5.01. The molecule has 0 aliphatic rings. The maximum Gasteiger partial charge on any atom is 0.348 e. The van der Waals surface area contributed by atoms with Gasteiger partial charge in [-0.05, 0) is 24.3 Å². The summed E-state index contributed by atoms with van der Waals surface area (Å²) < 4.78 is 0. The van der Waals surface area contributed by atoms with Crippen LogP contribution in [-0.4, -0.2) is 16.1 Å². The van der Waals surface area contributed by atoms with E-state index in [1.807, 2.05) is 0 Å². The predicted octanol–water partition coefficient (Wildman–Crippen LogP) is 8.10. The minimum atomic E-state index is -1.14. The van der Waals surface area contributed by atoms with Gasteiger partial charge in [-0.3, -0.25) is 0 Å². The molecule has 0 saturated heterocycles. The SMILES string of the molecule is O=C(O)c1sc(-c2cc(Cl)c(Cl)c(Cl)c2)nc1-c1cc(Cl)c(Cl)c(Cl)c1. The number of carboxylic acids is 1. The third-order valence-electron chi connectivity index (χ3n) is 3.31. The Balaban J connectivity index is 2.21. The first-order valence-corrected chi connectivity index (χ1v) is 9.81. The molecular formula is C16H5Cl6NO2S. The van der Waals surface area contributed by atoms with E-state index in [2.05, 4.69) is 4.98 Å². The minimum absolute atomic E-state index is 0.0108. The lowest BCUT2D eigenvalue weighted by molar-refractivity contribution is 0.0702. The molecule has 3 nitrogen and oxygen atoms in total. The summed E-state index contributed by atoms with van der Waals surface area (Å²) in [4.78, 5) is 16.1. The number of benzene rings is 2. The molecule has 3 rings (SSSR count). The maximum absolute atomic E-state index is 11.7. The lowest BCUT2D eigenvalue weighted by Crippen LogP contribution is -1.95. The van der Waals surface area contributed by atoms with Crippen molar-refractivity contribution in [1.82, 2.24) is 4.98 Å². The van der Waals surface area contributed by atoms with Gasteiger partial charge in [-0.25, -0.2) is 9.78 Å². The molecule has 1 aromatic heterocycles. The molecule has 0 saturated carbocycles. The van der Waals surface area contributed by atoms with Crippen LogP contribution in [0.1, 0.15) is 9.67 Å². The lowest BCUT2D eigenvalue weighted by atomic mass is 10.1. The molecule has 26 heavy (non-hydrogen) atoms. The standard InChI is InChI=1S/C16H5Cl6NO2S/c17-7-1-5(2-8(18)11(7)21)13-14(16(24)25)26-15(23-13)6-3-9(19)12(22)10(20)4-6/h1-4H,(H,24,25). The Morgan fingerprint density at radius 1 is 0.808 bits per heavy atom. The third kappa shape index (κ3) is 3.78. The van der Waals surface area contributed by atoms with Crippen molar-refractivity contribution in [3.63, 3.8) is 0 Å². The number of hydrogen-bond donors (Lipinski definition) is 1. The van der Waals surface area contributed by atoms with Gasteiger partial charge in [-0.15, -0.1) is 11.3 Å². The van der Waals surface area contributed by atoms with Gasteiger partial charge in [-0.1, -0.05) is 69.6 Å². The van der Waals surface area contributed by atoms with Crippen molar-refractivity contribution in [3.05, 3.63) is 59.3 Å². The highest BCUT2D eigenvalue weighted by Gasteiger charge is 2.22. The zero-order valence-electron chi connectivity index (χ0n) is 12.3. The number of thiazole rings is 1. The Bertz CT molecular complexity index is 1000. The summed E-state index contributed by atoms with van der Waals surface area (Å²) in [5.41, 5.74) is 1.17. The second kappa shape index (κ2) is 7.72. The molecular weight excluding hydrogens is 483 g/mol. The van der Waals surface area contributed by atoms with Crippen molar-refractivity contribution in [3.8, 4) is 21.8 Å². The number of carboxylic acid groups (broad SMARTS) is 1. The van der Waals surface area contributed by atoms with Gasteiger partial charge < -0.3 is 5.11 Å². The number of rotatable bonds is 3. The molecule has 0 aliphatic carbocycles. The van der Waals surface area contributed by atoms with Crippen molar-refractivity contribution in [2.75, 3.05) is 0 Å². The van der Waals surface area contributed by atoms with Gasteiger partial charge in [0, 0.05) is 11.1 Å². The Labute approximate surface area is 182 Å². The van der Waals surface area contributed by atoms with Crippen LogP contribution in [0.5, 0.6) is 0 Å². The zero-order valence-corrected chi connectivity index (χ0v) is 17.6. The van der Waals surface area contributed by atoms with Gasteiger partial charge in [0.05, 0.1) is 35.8 Å². The van der Waals surface area contributed by atoms with Gasteiger partial charge >= 0.3 is 5.97 Å². The molecule has 0 radical (unpaired) electrons. The number of halogens is 6. The fourth-order valence-corrected chi connectivity index (χ4v) is 4.26. The number of aromatic nitrogens is 1. The van der Waals surface area contributed by atoms with E-state index in [-0.39, 0.29) is 40.7 Å². The monoisotopic (exact) mass is 485 g/mol. The van der Waals surface area contributed by atoms with Crippen molar-refractivity contribution >= 4 is 86.9 Å². The highest BCUT2D eigenvalue weighted by atomic mass is 35.5. The van der Waals surface area contributed by atoms with Crippen molar-refractivity contribution in [1.29, 1.82) is 0 Å². The van der Waals surface area contributed by atoms with Crippen LogP contribution in [0, 0.1) is 0 Å². The highest BCUT2D eigenvalue weighted by molar-refractivity contribution is 7.17. The van der Waals surface area contributed by atoms with Crippen LogP contribution in [0.2, 0.25) is 30.1 Å². The molecule has 10 heteroatoms. The number of aromatic carboxylic acids is 1. The molecule has 134 valence electrons. The molecule has 1 N–H and O–H groups in total. The Hall–Kier alpha value is -0.720. The average molecular weight is 488 g/mol. The number of nitrogens with zero attached hydrogens (tertiary/aromatic N) is 1. The smallest absolute Gasteiger partial charge is 0.348 e. The predicted molar refractivity (Wildman–Crippen MR) is 110 cm³/mol. The lowest BCUT2D eigenvalue weighted by Gasteiger charge is -2.04. The summed E-state index contributed by atoms with van der Waals surface area (Å²) in [6.45, 7) is 0.